The third kappa shape index (κ3) is 8.27. The van der Waals surface area contributed by atoms with Gasteiger partial charge in [0, 0.05) is 44.2 Å². The molecule has 0 spiro atoms. The molecule has 1 aliphatic heterocycles. The van der Waals surface area contributed by atoms with Crippen molar-refractivity contribution in [1.29, 1.82) is 0 Å². The molecule has 0 aromatic carbocycles. The van der Waals surface area contributed by atoms with E-state index in [1.807, 2.05) is 20.8 Å². The van der Waals surface area contributed by atoms with Crippen molar-refractivity contribution in [3.8, 4) is 0 Å². The van der Waals surface area contributed by atoms with Crippen molar-refractivity contribution >= 4 is 47.4 Å². The monoisotopic (exact) mass is 397 g/mol. The van der Waals surface area contributed by atoms with Gasteiger partial charge in [0.2, 0.25) is 35.8 Å². The summed E-state index contributed by atoms with van der Waals surface area (Å²) in [6, 6.07) is 0. The highest BCUT2D eigenvalue weighted by atomic mass is 16.2. The topological polar surface area (TPSA) is 86.8 Å². The maximum absolute atomic E-state index is 12.5. The minimum Gasteiger partial charge on any atom is -0.449 e. The van der Waals surface area contributed by atoms with Crippen molar-refractivity contribution in [2.75, 3.05) is 13.1 Å². The van der Waals surface area contributed by atoms with Gasteiger partial charge < -0.3 is 14.8 Å². The molecule has 1 fully saturated rings. The van der Waals surface area contributed by atoms with Gasteiger partial charge in [-0.05, 0) is 31.1 Å². The first-order valence-corrected chi connectivity index (χ1v) is 10.0. The van der Waals surface area contributed by atoms with E-state index in [4.69, 9.17) is 23.9 Å². The van der Waals surface area contributed by atoms with E-state index in [9.17, 15) is 19.2 Å². The van der Waals surface area contributed by atoms with Crippen LogP contribution in [0.25, 0.3) is 0 Å². The first kappa shape index (κ1) is 25.3. The number of rotatable bonds is 9. The Hall–Kier alpha value is -1.73. The van der Waals surface area contributed by atoms with Crippen LogP contribution in [-0.4, -0.2) is 70.2 Å². The number of hydrogen-bond donors (Lipinski definition) is 1. The van der Waals surface area contributed by atoms with Gasteiger partial charge in [-0.2, -0.15) is 0 Å². The SMILES string of the molecule is [B]NC(=O)CC1(CC(=O)N([B])[B])CCN(C(=O)CCCCC(=O)C(C)(C)C)CC1. The first-order valence-electron chi connectivity index (χ1n) is 10.0. The molecule has 1 rings (SSSR count). The van der Waals surface area contributed by atoms with E-state index in [1.165, 1.54) is 0 Å². The second-order valence-electron chi connectivity index (χ2n) is 8.98. The number of hydrogen-bond acceptors (Lipinski definition) is 4. The third-order valence-corrected chi connectivity index (χ3v) is 5.57. The van der Waals surface area contributed by atoms with Gasteiger partial charge in [0.05, 0.1) is 0 Å². The normalized spacial score (nSPS) is 16.2. The molecule has 0 aromatic rings. The molecule has 0 atom stereocenters. The number of piperidine rings is 1. The fourth-order valence-corrected chi connectivity index (χ4v) is 3.55. The van der Waals surface area contributed by atoms with Crippen LogP contribution in [0.1, 0.15) is 72.1 Å². The number of ketones is 1. The van der Waals surface area contributed by atoms with Crippen molar-refractivity contribution in [2.45, 2.75) is 72.1 Å². The summed E-state index contributed by atoms with van der Waals surface area (Å²) in [5.74, 6) is -0.625. The summed E-state index contributed by atoms with van der Waals surface area (Å²) in [6.45, 7) is 6.57. The fraction of sp³-hybridized carbons (Fsp3) is 0.789. The lowest BCUT2D eigenvalue weighted by Crippen LogP contribution is -2.46. The third-order valence-electron chi connectivity index (χ3n) is 5.57. The lowest BCUT2D eigenvalue weighted by Gasteiger charge is -2.42. The number of likely N-dealkylation sites (tertiary alicyclic amines) is 1. The maximum atomic E-state index is 12.5. The van der Waals surface area contributed by atoms with E-state index < -0.39 is 11.3 Å². The van der Waals surface area contributed by atoms with E-state index in [2.05, 4.69) is 5.23 Å². The van der Waals surface area contributed by atoms with Crippen LogP contribution >= 0.6 is 0 Å². The predicted molar refractivity (Wildman–Crippen MR) is 113 cm³/mol. The summed E-state index contributed by atoms with van der Waals surface area (Å²) in [6.07, 6.45) is 3.25. The van der Waals surface area contributed by atoms with Crippen LogP contribution in [-0.2, 0) is 19.2 Å². The van der Waals surface area contributed by atoms with Crippen molar-refractivity contribution in [2.24, 2.45) is 10.8 Å². The zero-order valence-electron chi connectivity index (χ0n) is 17.8. The van der Waals surface area contributed by atoms with E-state index in [1.54, 1.807) is 4.90 Å². The largest absolute Gasteiger partial charge is 0.449 e. The molecule has 0 aliphatic carbocycles. The number of nitrogens with one attached hydrogen (secondary N) is 1. The smallest absolute Gasteiger partial charge is 0.226 e. The van der Waals surface area contributed by atoms with Crippen LogP contribution in [0.3, 0.4) is 0 Å². The summed E-state index contributed by atoms with van der Waals surface area (Å²) in [5.41, 5.74) is -0.983. The Morgan fingerprint density at radius 1 is 1.00 bits per heavy atom. The highest BCUT2D eigenvalue weighted by molar-refractivity contribution is 6.34. The first-order chi connectivity index (χ1) is 13.4. The second kappa shape index (κ2) is 10.9. The average molecular weight is 397 g/mol. The Balaban J connectivity index is 2.55. The van der Waals surface area contributed by atoms with Gasteiger partial charge in [-0.3, -0.25) is 19.2 Å². The minimum atomic E-state index is -0.632. The van der Waals surface area contributed by atoms with E-state index in [-0.39, 0.29) is 35.9 Å². The lowest BCUT2D eigenvalue weighted by molar-refractivity contribution is -0.136. The van der Waals surface area contributed by atoms with Gasteiger partial charge in [0.1, 0.15) is 5.78 Å². The van der Waals surface area contributed by atoms with Crippen LogP contribution in [0.5, 0.6) is 0 Å². The highest BCUT2D eigenvalue weighted by Crippen LogP contribution is 2.39. The summed E-state index contributed by atoms with van der Waals surface area (Å²) in [5, 5.41) is 2.09. The molecule has 0 bridgehead atoms. The molecule has 1 aliphatic rings. The number of Topliss-reactive ketones (excluding diaryl/α,β-unsaturated/α-hetero) is 1. The summed E-state index contributed by atoms with van der Waals surface area (Å²) in [4.78, 5) is 50.0. The Morgan fingerprint density at radius 3 is 2.03 bits per heavy atom. The van der Waals surface area contributed by atoms with Crippen LogP contribution in [0.15, 0.2) is 0 Å². The number of carbonyl (C=O) groups is 4. The number of nitrogens with zero attached hydrogens (tertiary/aromatic N) is 2. The summed E-state index contributed by atoms with van der Waals surface area (Å²) >= 11 is 0. The zero-order valence-corrected chi connectivity index (χ0v) is 17.8. The molecule has 10 heteroatoms. The van der Waals surface area contributed by atoms with Crippen LogP contribution in [0.4, 0.5) is 0 Å². The molecule has 0 unspecified atom stereocenters. The molecule has 29 heavy (non-hydrogen) atoms. The van der Waals surface area contributed by atoms with Crippen molar-refractivity contribution in [3.05, 3.63) is 0 Å². The van der Waals surface area contributed by atoms with Gasteiger partial charge in [-0.25, -0.2) is 0 Å². The maximum Gasteiger partial charge on any atom is 0.226 e. The van der Waals surface area contributed by atoms with Gasteiger partial charge in [-0.1, -0.05) is 20.8 Å². The lowest BCUT2D eigenvalue weighted by atomic mass is 9.72. The minimum absolute atomic E-state index is 0.0182. The quantitative estimate of drug-likeness (QED) is 0.460. The Labute approximate surface area is 178 Å². The van der Waals surface area contributed by atoms with Crippen molar-refractivity contribution in [1.82, 2.24) is 14.8 Å². The molecular weight excluding hydrogens is 367 g/mol. The van der Waals surface area contributed by atoms with Crippen LogP contribution in [0, 0.1) is 10.8 Å². The van der Waals surface area contributed by atoms with Crippen molar-refractivity contribution < 1.29 is 19.2 Å². The average Bonchev–Trinajstić information content (AvgIpc) is 2.64. The molecule has 3 amide bonds. The number of carbonyl (C=O) groups excluding carboxylic acids is 4. The van der Waals surface area contributed by atoms with Crippen LogP contribution < -0.4 is 5.23 Å². The molecule has 0 aromatic heterocycles. The number of unbranched alkanes of at least 4 members (excludes halogenated alkanes) is 1. The predicted octanol–water partition coefficient (Wildman–Crippen LogP) is 0.746. The standard InChI is InChI=1S/C19H30B3N3O4/c1-18(2,3)14(26)6-4-5-7-16(28)24-10-8-19(9-11-24,12-15(27)23-20)13-17(29)25(21)22/h4-13H2,1-3H3,(H,23,27). The van der Waals surface area contributed by atoms with Gasteiger partial charge >= 0.3 is 0 Å². The van der Waals surface area contributed by atoms with E-state index in [0.717, 1.165) is 0 Å². The highest BCUT2D eigenvalue weighted by Gasteiger charge is 2.39. The number of amides is 3. The van der Waals surface area contributed by atoms with Gasteiger partial charge in [0.25, 0.3) is 0 Å². The Morgan fingerprint density at radius 2 is 1.55 bits per heavy atom. The zero-order chi connectivity index (χ0) is 22.2. The van der Waals surface area contributed by atoms with Crippen LogP contribution in [0.2, 0.25) is 0 Å². The van der Waals surface area contributed by atoms with E-state index in [0.29, 0.717) is 56.3 Å². The second-order valence-corrected chi connectivity index (χ2v) is 8.98. The molecule has 1 saturated heterocycles. The summed E-state index contributed by atoms with van der Waals surface area (Å²) < 4.78 is 0.526. The molecule has 154 valence electrons. The fourth-order valence-electron chi connectivity index (χ4n) is 3.55. The van der Waals surface area contributed by atoms with Crippen molar-refractivity contribution in [3.63, 3.8) is 0 Å². The van der Waals surface area contributed by atoms with E-state index >= 15 is 0 Å². The molecule has 1 N–H and O–H groups in total. The molecular formula is C19H30B3N3O4. The van der Waals surface area contributed by atoms with Gasteiger partial charge in [-0.15, -0.1) is 0 Å². The summed E-state index contributed by atoms with van der Waals surface area (Å²) in [7, 11) is 15.8. The molecule has 1 heterocycles. The molecule has 0 saturated carbocycles. The Kier molecular flexibility index (Phi) is 9.50. The molecule has 6 radical (unpaired) electrons. The molecule has 7 nitrogen and oxygen atoms in total. The van der Waals surface area contributed by atoms with Gasteiger partial charge in [0.15, 0.2) is 5.91 Å². The Bertz CT molecular complexity index is 612.